The quantitative estimate of drug-likeness (QED) is 0.877. The van der Waals surface area contributed by atoms with Gasteiger partial charge in [-0.2, -0.15) is 0 Å². The van der Waals surface area contributed by atoms with Crippen molar-refractivity contribution >= 4 is 27.5 Å². The smallest absolute Gasteiger partial charge is 0.315 e. The van der Waals surface area contributed by atoms with Gasteiger partial charge < -0.3 is 10.6 Å². The molecular formula is C14H18ClFN2O3S. The van der Waals surface area contributed by atoms with E-state index in [1.807, 2.05) is 0 Å². The molecule has 22 heavy (non-hydrogen) atoms. The molecule has 0 aromatic heterocycles. The minimum atomic E-state index is -3.08. The molecule has 1 aromatic rings. The molecule has 0 aliphatic carbocycles. The number of nitrogens with one attached hydrogen (secondary N) is 2. The van der Waals surface area contributed by atoms with Crippen LogP contribution in [0.2, 0.25) is 5.02 Å². The number of amides is 2. The van der Waals surface area contributed by atoms with E-state index >= 15 is 0 Å². The fourth-order valence-electron chi connectivity index (χ4n) is 2.47. The lowest BCUT2D eigenvalue weighted by atomic mass is 10.1. The highest BCUT2D eigenvalue weighted by Gasteiger charge is 2.31. The van der Waals surface area contributed by atoms with Gasteiger partial charge in [0.2, 0.25) is 0 Å². The molecule has 0 saturated carbocycles. The van der Waals surface area contributed by atoms with E-state index in [1.165, 1.54) is 18.2 Å². The van der Waals surface area contributed by atoms with E-state index < -0.39 is 33.0 Å². The Kier molecular flexibility index (Phi) is 5.28. The SMILES string of the molecule is C[C@H](NC(=O)NC[C@H]1CCCS1(=O)=O)c1ccc(F)cc1Cl. The maximum absolute atomic E-state index is 13.0. The summed E-state index contributed by atoms with van der Waals surface area (Å²) >= 11 is 5.93. The van der Waals surface area contributed by atoms with Crippen molar-refractivity contribution in [1.82, 2.24) is 10.6 Å². The van der Waals surface area contributed by atoms with Gasteiger partial charge in [0.25, 0.3) is 0 Å². The molecule has 1 heterocycles. The Bertz CT molecular complexity index is 666. The summed E-state index contributed by atoms with van der Waals surface area (Å²) in [4.78, 5) is 11.8. The molecule has 2 atom stereocenters. The van der Waals surface area contributed by atoms with Gasteiger partial charge in [-0.1, -0.05) is 17.7 Å². The molecule has 1 aliphatic rings. The van der Waals surface area contributed by atoms with Gasteiger partial charge in [-0.15, -0.1) is 0 Å². The standard InChI is InChI=1S/C14H18ClFN2O3S/c1-9(12-5-4-10(16)7-13(12)15)18-14(19)17-8-11-3-2-6-22(11,20)21/h4-5,7,9,11H,2-3,6,8H2,1H3,(H2,17,18,19)/t9-,11+/m0/s1. The number of halogens is 2. The van der Waals surface area contributed by atoms with Gasteiger partial charge in [0.15, 0.2) is 9.84 Å². The summed E-state index contributed by atoms with van der Waals surface area (Å²) in [5, 5.41) is 4.94. The van der Waals surface area contributed by atoms with Crippen molar-refractivity contribution in [2.45, 2.75) is 31.1 Å². The van der Waals surface area contributed by atoms with Gasteiger partial charge in [-0.3, -0.25) is 0 Å². The molecule has 1 aliphatic heterocycles. The van der Waals surface area contributed by atoms with Crippen molar-refractivity contribution in [3.8, 4) is 0 Å². The highest BCUT2D eigenvalue weighted by atomic mass is 35.5. The van der Waals surface area contributed by atoms with E-state index in [9.17, 15) is 17.6 Å². The number of carbonyl (C=O) groups is 1. The summed E-state index contributed by atoms with van der Waals surface area (Å²) in [7, 11) is -3.08. The van der Waals surface area contributed by atoms with E-state index in [4.69, 9.17) is 11.6 Å². The second-order valence-corrected chi connectivity index (χ2v) is 8.18. The highest BCUT2D eigenvalue weighted by Crippen LogP contribution is 2.23. The van der Waals surface area contributed by atoms with Crippen LogP contribution in [0, 0.1) is 5.82 Å². The first-order chi connectivity index (χ1) is 10.3. The zero-order valence-electron chi connectivity index (χ0n) is 12.1. The van der Waals surface area contributed by atoms with Crippen molar-refractivity contribution < 1.29 is 17.6 Å². The molecule has 122 valence electrons. The lowest BCUT2D eigenvalue weighted by molar-refractivity contribution is 0.238. The zero-order chi connectivity index (χ0) is 16.3. The van der Waals surface area contributed by atoms with Gasteiger partial charge >= 0.3 is 6.03 Å². The maximum atomic E-state index is 13.0. The third-order valence-corrected chi connectivity index (χ3v) is 6.33. The number of urea groups is 1. The van der Waals surface area contributed by atoms with Gasteiger partial charge in [-0.25, -0.2) is 17.6 Å². The topological polar surface area (TPSA) is 75.3 Å². The minimum Gasteiger partial charge on any atom is -0.337 e. The van der Waals surface area contributed by atoms with Crippen LogP contribution in [0.3, 0.4) is 0 Å². The van der Waals surface area contributed by atoms with Gasteiger partial charge in [0, 0.05) is 11.6 Å². The molecule has 1 saturated heterocycles. The molecule has 8 heteroatoms. The minimum absolute atomic E-state index is 0.0953. The third-order valence-electron chi connectivity index (χ3n) is 3.73. The number of sulfone groups is 1. The Hall–Kier alpha value is -1.34. The predicted molar refractivity (Wildman–Crippen MR) is 83.2 cm³/mol. The largest absolute Gasteiger partial charge is 0.337 e. The third kappa shape index (κ3) is 4.10. The summed E-state index contributed by atoms with van der Waals surface area (Å²) < 4.78 is 36.3. The summed E-state index contributed by atoms with van der Waals surface area (Å²) in [5.41, 5.74) is 0.590. The van der Waals surface area contributed by atoms with Crippen molar-refractivity contribution in [3.63, 3.8) is 0 Å². The number of hydrogen-bond donors (Lipinski definition) is 2. The molecule has 2 N–H and O–H groups in total. The summed E-state index contributed by atoms with van der Waals surface area (Å²) in [6.45, 7) is 1.81. The van der Waals surface area contributed by atoms with E-state index in [1.54, 1.807) is 6.92 Å². The van der Waals surface area contributed by atoms with Crippen LogP contribution >= 0.6 is 11.6 Å². The first-order valence-corrected chi connectivity index (χ1v) is 9.10. The fourth-order valence-corrected chi connectivity index (χ4v) is 4.57. The second-order valence-electron chi connectivity index (χ2n) is 5.37. The molecule has 2 rings (SSSR count). The summed E-state index contributed by atoms with van der Waals surface area (Å²) in [6.07, 6.45) is 1.21. The molecule has 0 radical (unpaired) electrons. The van der Waals surface area contributed by atoms with Crippen LogP contribution < -0.4 is 10.6 Å². The zero-order valence-corrected chi connectivity index (χ0v) is 13.7. The first-order valence-electron chi connectivity index (χ1n) is 7.00. The van der Waals surface area contributed by atoms with E-state index in [-0.39, 0.29) is 17.3 Å². The molecule has 1 aromatic carbocycles. The average molecular weight is 349 g/mol. The van der Waals surface area contributed by atoms with Crippen LogP contribution in [0.25, 0.3) is 0 Å². The summed E-state index contributed by atoms with van der Waals surface area (Å²) in [5.74, 6) is -0.264. The van der Waals surface area contributed by atoms with Crippen molar-refractivity contribution in [1.29, 1.82) is 0 Å². The number of rotatable bonds is 4. The Morgan fingerprint density at radius 2 is 2.23 bits per heavy atom. The van der Waals surface area contributed by atoms with Gasteiger partial charge in [0.05, 0.1) is 17.0 Å². The molecule has 0 bridgehead atoms. The summed E-state index contributed by atoms with van der Waals surface area (Å²) in [6, 6.07) is 3.05. The lowest BCUT2D eigenvalue weighted by Crippen LogP contribution is -2.41. The number of hydrogen-bond acceptors (Lipinski definition) is 3. The van der Waals surface area contributed by atoms with Gasteiger partial charge in [0.1, 0.15) is 5.82 Å². The number of carbonyl (C=O) groups excluding carboxylic acids is 1. The van der Waals surface area contributed by atoms with Crippen molar-refractivity contribution in [2.75, 3.05) is 12.3 Å². The van der Waals surface area contributed by atoms with Crippen LogP contribution in [0.15, 0.2) is 18.2 Å². The second kappa shape index (κ2) is 6.83. The average Bonchev–Trinajstić information content (AvgIpc) is 2.75. The van der Waals surface area contributed by atoms with Crippen LogP contribution in [-0.2, 0) is 9.84 Å². The van der Waals surface area contributed by atoms with Crippen LogP contribution in [0.5, 0.6) is 0 Å². The van der Waals surface area contributed by atoms with Crippen LogP contribution in [-0.4, -0.2) is 32.0 Å². The number of benzene rings is 1. The fraction of sp³-hybridized carbons (Fsp3) is 0.500. The van der Waals surface area contributed by atoms with E-state index in [2.05, 4.69) is 10.6 Å². The van der Waals surface area contributed by atoms with Gasteiger partial charge in [-0.05, 0) is 37.5 Å². The lowest BCUT2D eigenvalue weighted by Gasteiger charge is -2.17. The Morgan fingerprint density at radius 1 is 1.50 bits per heavy atom. The Morgan fingerprint density at radius 3 is 2.82 bits per heavy atom. The first kappa shape index (κ1) is 17.0. The Labute approximate surface area is 134 Å². The van der Waals surface area contributed by atoms with Crippen LogP contribution in [0.4, 0.5) is 9.18 Å². The molecule has 2 amide bonds. The van der Waals surface area contributed by atoms with Crippen molar-refractivity contribution in [3.05, 3.63) is 34.6 Å². The normalized spacial score (nSPS) is 21.3. The van der Waals surface area contributed by atoms with Crippen LogP contribution in [0.1, 0.15) is 31.4 Å². The monoisotopic (exact) mass is 348 g/mol. The van der Waals surface area contributed by atoms with E-state index in [0.717, 1.165) is 0 Å². The molecule has 5 nitrogen and oxygen atoms in total. The molecule has 0 spiro atoms. The van der Waals surface area contributed by atoms with E-state index in [0.29, 0.717) is 18.4 Å². The Balaban J connectivity index is 1.89. The van der Waals surface area contributed by atoms with Crippen molar-refractivity contribution in [2.24, 2.45) is 0 Å². The maximum Gasteiger partial charge on any atom is 0.315 e. The highest BCUT2D eigenvalue weighted by molar-refractivity contribution is 7.92. The molecule has 1 fully saturated rings. The molecular weight excluding hydrogens is 331 g/mol. The molecule has 0 unspecified atom stereocenters. The predicted octanol–water partition coefficient (Wildman–Crippen LogP) is 2.42.